The van der Waals surface area contributed by atoms with Crippen LogP contribution in [0.2, 0.25) is 0 Å². The van der Waals surface area contributed by atoms with Crippen molar-refractivity contribution in [3.05, 3.63) is 217 Å². The van der Waals surface area contributed by atoms with E-state index in [0.717, 1.165) is 69.7 Å². The molecule has 0 unspecified atom stereocenters. The Balaban J connectivity index is 1.02. The van der Waals surface area contributed by atoms with Crippen molar-refractivity contribution in [3.8, 4) is 28.4 Å². The Kier molecular flexibility index (Phi) is 8.14. The summed E-state index contributed by atoms with van der Waals surface area (Å²) < 4.78 is 13.8. The molecule has 3 heterocycles. The summed E-state index contributed by atoms with van der Waals surface area (Å²) in [7, 11) is 0. The van der Waals surface area contributed by atoms with Crippen molar-refractivity contribution < 1.29 is 9.47 Å². The molecule has 0 bridgehead atoms. The number of hydrogen-bond donors (Lipinski definition) is 0. The molecule has 0 N–H and O–H groups in total. The molecule has 0 radical (unpaired) electrons. The normalized spacial score (nSPS) is 15.1. The number of nitrogens with zero attached hydrogens (tertiary/aromatic N) is 2. The lowest BCUT2D eigenvalue weighted by molar-refractivity contribution is 0.351. The van der Waals surface area contributed by atoms with Gasteiger partial charge in [0.05, 0.1) is 0 Å². The molecule has 0 atom stereocenters. The van der Waals surface area contributed by atoms with Crippen molar-refractivity contribution in [3.63, 3.8) is 0 Å². The highest BCUT2D eigenvalue weighted by atomic mass is 16.5. The van der Waals surface area contributed by atoms with Crippen LogP contribution in [0.25, 0.3) is 32.7 Å². The van der Waals surface area contributed by atoms with Crippen LogP contribution in [-0.4, -0.2) is 6.71 Å². The highest BCUT2D eigenvalue weighted by Crippen LogP contribution is 2.50. The molecule has 0 saturated carbocycles. The van der Waals surface area contributed by atoms with Crippen LogP contribution in [0.1, 0.15) is 32.3 Å². The van der Waals surface area contributed by atoms with E-state index in [1.807, 2.05) is 0 Å². The molecule has 64 heavy (non-hydrogen) atoms. The van der Waals surface area contributed by atoms with Crippen molar-refractivity contribution in [1.82, 2.24) is 0 Å². The van der Waals surface area contributed by atoms with Crippen molar-refractivity contribution in [2.75, 3.05) is 9.80 Å². The zero-order chi connectivity index (χ0) is 42.5. The molecule has 0 spiro atoms. The Bertz CT molecular complexity index is 3430. The van der Waals surface area contributed by atoms with E-state index in [-0.39, 0.29) is 12.1 Å². The van der Waals surface area contributed by atoms with Crippen molar-refractivity contribution >= 4 is 78.8 Å². The summed E-state index contributed by atoms with van der Waals surface area (Å²) in [5, 5.41) is 4.99. The lowest BCUT2D eigenvalue weighted by Crippen LogP contribution is -2.59. The standard InChI is InChI=1S/C59H43BN2O2/c1-59(2)48-24-13-14-26-52(48)63-53-35-33-42(36-49(53)59)61(41-30-28-39(29-31-41)38-16-5-3-6-17-38)43-32-34-50-55(37-43)64-54-27-15-25-51-57(54)60(50)56-46-22-11-9-20-44(46)45-21-10-12-23-47(45)58(56)62(51)40-18-7-4-8-19-40/h3-13,15-25,27-37H,14,26H2,1-2H3. The van der Waals surface area contributed by atoms with Gasteiger partial charge in [0.15, 0.2) is 0 Å². The van der Waals surface area contributed by atoms with Gasteiger partial charge in [-0.1, -0.05) is 147 Å². The van der Waals surface area contributed by atoms with E-state index in [1.165, 1.54) is 60.4 Å². The Morgan fingerprint density at radius 1 is 0.531 bits per heavy atom. The number of para-hydroxylation sites is 1. The molecule has 9 aromatic carbocycles. The minimum absolute atomic E-state index is 0.0696. The molecule has 4 nitrogen and oxygen atoms in total. The monoisotopic (exact) mass is 822 g/mol. The van der Waals surface area contributed by atoms with E-state index in [1.54, 1.807) is 0 Å². The van der Waals surface area contributed by atoms with E-state index in [4.69, 9.17) is 9.47 Å². The van der Waals surface area contributed by atoms with Crippen LogP contribution in [0, 0.1) is 0 Å². The quantitative estimate of drug-likeness (QED) is 0.128. The fraction of sp³-hybridized carbons (Fsp3) is 0.0847. The fourth-order valence-electron chi connectivity index (χ4n) is 11.0. The van der Waals surface area contributed by atoms with Crippen molar-refractivity contribution in [2.45, 2.75) is 32.1 Å². The zero-order valence-corrected chi connectivity index (χ0v) is 35.8. The van der Waals surface area contributed by atoms with E-state index >= 15 is 0 Å². The van der Waals surface area contributed by atoms with Crippen LogP contribution in [0.4, 0.5) is 34.1 Å². The van der Waals surface area contributed by atoms with Gasteiger partial charge in [-0.2, -0.15) is 0 Å². The third kappa shape index (κ3) is 5.50. The first-order valence-corrected chi connectivity index (χ1v) is 22.4. The molecule has 1 aliphatic carbocycles. The summed E-state index contributed by atoms with van der Waals surface area (Å²) in [5.74, 6) is 3.77. The molecule has 4 aliphatic rings. The second kappa shape index (κ2) is 14.1. The van der Waals surface area contributed by atoms with Gasteiger partial charge in [0, 0.05) is 68.5 Å². The molecule has 5 heteroatoms. The summed E-state index contributed by atoms with van der Waals surface area (Å²) in [5.41, 5.74) is 14.8. The van der Waals surface area contributed by atoms with Gasteiger partial charge in [-0.15, -0.1) is 0 Å². The van der Waals surface area contributed by atoms with Crippen LogP contribution in [0.3, 0.4) is 0 Å². The van der Waals surface area contributed by atoms with Gasteiger partial charge in [0.25, 0.3) is 6.71 Å². The minimum Gasteiger partial charge on any atom is -0.461 e. The van der Waals surface area contributed by atoms with E-state index in [0.29, 0.717) is 0 Å². The van der Waals surface area contributed by atoms with Gasteiger partial charge >= 0.3 is 0 Å². The van der Waals surface area contributed by atoms with E-state index in [2.05, 4.69) is 224 Å². The number of fused-ring (bicyclic) bond motifs is 10. The summed E-state index contributed by atoms with van der Waals surface area (Å²) >= 11 is 0. The highest BCUT2D eigenvalue weighted by Gasteiger charge is 2.44. The summed E-state index contributed by atoms with van der Waals surface area (Å²) in [6.07, 6.45) is 6.49. The van der Waals surface area contributed by atoms with E-state index in [9.17, 15) is 0 Å². The van der Waals surface area contributed by atoms with Crippen molar-refractivity contribution in [1.29, 1.82) is 0 Å². The molecule has 0 saturated heterocycles. The largest absolute Gasteiger partial charge is 0.461 e. The third-order valence-electron chi connectivity index (χ3n) is 14.0. The highest BCUT2D eigenvalue weighted by molar-refractivity contribution is 7.01. The van der Waals surface area contributed by atoms with E-state index < -0.39 is 0 Å². The third-order valence-corrected chi connectivity index (χ3v) is 14.0. The first-order valence-electron chi connectivity index (χ1n) is 22.4. The molecule has 0 fully saturated rings. The predicted molar refractivity (Wildman–Crippen MR) is 266 cm³/mol. The first kappa shape index (κ1) is 36.9. The van der Waals surface area contributed by atoms with Crippen molar-refractivity contribution in [2.24, 2.45) is 0 Å². The second-order valence-corrected chi connectivity index (χ2v) is 17.9. The summed E-state index contributed by atoms with van der Waals surface area (Å²) in [4.78, 5) is 4.84. The molecule has 0 amide bonds. The van der Waals surface area contributed by atoms with Crippen LogP contribution >= 0.6 is 0 Å². The van der Waals surface area contributed by atoms with Crippen LogP contribution < -0.4 is 35.7 Å². The maximum Gasteiger partial charge on any atom is 0.257 e. The SMILES string of the molecule is CC1(C)C2=C(CCC=C2)Oc2ccc(N(c3ccc(-c4ccccc4)cc3)c3ccc4c(c3)Oc3cccc5c3B4c3c(c4ccccc4c4ccccc34)N5c3ccccc3)cc21. The summed E-state index contributed by atoms with van der Waals surface area (Å²) in [6.45, 7) is 4.59. The minimum atomic E-state index is -0.228. The number of benzene rings is 9. The van der Waals surface area contributed by atoms with Crippen LogP contribution in [0.15, 0.2) is 212 Å². The molecule has 13 rings (SSSR count). The van der Waals surface area contributed by atoms with Gasteiger partial charge in [0.1, 0.15) is 23.0 Å². The second-order valence-electron chi connectivity index (χ2n) is 17.9. The maximum absolute atomic E-state index is 7.16. The summed E-state index contributed by atoms with van der Waals surface area (Å²) in [6, 6.07) is 68.3. The molecular formula is C59H43BN2O2. The van der Waals surface area contributed by atoms with Crippen LogP contribution in [-0.2, 0) is 5.41 Å². The fourth-order valence-corrected chi connectivity index (χ4v) is 11.0. The van der Waals surface area contributed by atoms with Gasteiger partial charge < -0.3 is 19.3 Å². The molecule has 9 aromatic rings. The average molecular weight is 823 g/mol. The lowest BCUT2D eigenvalue weighted by atomic mass is 9.33. The average Bonchev–Trinajstić information content (AvgIpc) is 3.35. The molecular weight excluding hydrogens is 779 g/mol. The number of ether oxygens (including phenoxy) is 2. The topological polar surface area (TPSA) is 24.9 Å². The number of rotatable bonds is 5. The Morgan fingerprint density at radius 3 is 1.98 bits per heavy atom. The van der Waals surface area contributed by atoms with Gasteiger partial charge in [-0.3, -0.25) is 0 Å². The number of anilines is 6. The van der Waals surface area contributed by atoms with Gasteiger partial charge in [-0.25, -0.2) is 0 Å². The number of allylic oxidation sites excluding steroid dienone is 4. The smallest absolute Gasteiger partial charge is 0.257 e. The van der Waals surface area contributed by atoms with Crippen LogP contribution in [0.5, 0.6) is 17.2 Å². The number of hydrogen-bond acceptors (Lipinski definition) is 4. The maximum atomic E-state index is 7.16. The van der Waals surface area contributed by atoms with Gasteiger partial charge in [-0.05, 0) is 111 Å². The predicted octanol–water partition coefficient (Wildman–Crippen LogP) is 13.8. The Labute approximate surface area is 374 Å². The molecule has 304 valence electrons. The lowest BCUT2D eigenvalue weighted by Gasteiger charge is -2.41. The Morgan fingerprint density at radius 2 is 1.19 bits per heavy atom. The molecule has 3 aliphatic heterocycles. The first-order chi connectivity index (χ1) is 31.5. The van der Waals surface area contributed by atoms with Gasteiger partial charge in [0.2, 0.25) is 0 Å². The zero-order valence-electron chi connectivity index (χ0n) is 35.8. The molecule has 0 aromatic heterocycles. The Hall–Kier alpha value is -7.76.